The number of benzene rings is 3. The summed E-state index contributed by atoms with van der Waals surface area (Å²) in [5.74, 6) is 0. The maximum absolute atomic E-state index is 2.22. The summed E-state index contributed by atoms with van der Waals surface area (Å²) >= 11 is 0. The van der Waals surface area contributed by atoms with Crippen LogP contribution in [0, 0.1) is 62.3 Å². The van der Waals surface area contributed by atoms with Crippen LogP contribution in [0.25, 0.3) is 0 Å². The van der Waals surface area contributed by atoms with Gasteiger partial charge in [0, 0.05) is 0 Å². The fourth-order valence-electron chi connectivity index (χ4n) is 2.78. The molecule has 0 amide bonds. The minimum Gasteiger partial charge on any atom is -0.0591 e. The van der Waals surface area contributed by atoms with Crippen LogP contribution in [-0.4, -0.2) is 0 Å². The van der Waals surface area contributed by atoms with Crippen LogP contribution >= 0.6 is 0 Å². The van der Waals surface area contributed by atoms with Gasteiger partial charge in [-0.3, -0.25) is 0 Å². The van der Waals surface area contributed by atoms with Gasteiger partial charge in [-0.05, 0) is 90.1 Å². The second kappa shape index (κ2) is 10.7. The van der Waals surface area contributed by atoms with Crippen LogP contribution in [0.5, 0.6) is 0 Å². The van der Waals surface area contributed by atoms with Crippen molar-refractivity contribution in [2.24, 2.45) is 0 Å². The molecule has 0 radical (unpaired) electrons. The summed E-state index contributed by atoms with van der Waals surface area (Å²) in [4.78, 5) is 0. The minimum atomic E-state index is 1.33. The number of hydrogen-bond acceptors (Lipinski definition) is 0. The molecule has 0 spiro atoms. The van der Waals surface area contributed by atoms with E-state index in [9.17, 15) is 0 Å². The van der Waals surface area contributed by atoms with Crippen LogP contribution in [0.1, 0.15) is 50.1 Å². The Balaban J connectivity index is 0.000000204. The van der Waals surface area contributed by atoms with Gasteiger partial charge < -0.3 is 0 Å². The van der Waals surface area contributed by atoms with Gasteiger partial charge in [-0.25, -0.2) is 0 Å². The summed E-state index contributed by atoms with van der Waals surface area (Å²) in [6.45, 7) is 19.2. The maximum atomic E-state index is 2.22. The third-order valence-electron chi connectivity index (χ3n) is 4.95. The van der Waals surface area contributed by atoms with Crippen molar-refractivity contribution >= 4 is 0 Å². The predicted molar refractivity (Wildman–Crippen MR) is 122 cm³/mol. The highest BCUT2D eigenvalue weighted by molar-refractivity contribution is 5.36. The lowest BCUT2D eigenvalue weighted by Gasteiger charge is -2.04. The molecule has 0 saturated heterocycles. The van der Waals surface area contributed by atoms with Gasteiger partial charge in [0.1, 0.15) is 0 Å². The molecule has 0 heteroatoms. The quantitative estimate of drug-likeness (QED) is 0.383. The van der Waals surface area contributed by atoms with Crippen molar-refractivity contribution in [2.75, 3.05) is 0 Å². The Morgan fingerprint density at radius 1 is 0.333 bits per heavy atom. The fourth-order valence-corrected chi connectivity index (χ4v) is 2.78. The highest BCUT2D eigenvalue weighted by atomic mass is 14.0. The first-order valence-electron chi connectivity index (χ1n) is 9.71. The summed E-state index contributed by atoms with van der Waals surface area (Å²) in [7, 11) is 0. The van der Waals surface area contributed by atoms with Crippen molar-refractivity contribution in [3.05, 3.63) is 105 Å². The Labute approximate surface area is 167 Å². The van der Waals surface area contributed by atoms with Gasteiger partial charge in [-0.2, -0.15) is 0 Å². The van der Waals surface area contributed by atoms with Crippen molar-refractivity contribution in [3.63, 3.8) is 0 Å². The fraction of sp³-hybridized carbons (Fsp3) is 0.333. The Kier molecular flexibility index (Phi) is 9.02. The second-order valence-electron chi connectivity index (χ2n) is 7.77. The molecule has 0 nitrogen and oxygen atoms in total. The largest absolute Gasteiger partial charge is 0.0591 e. The monoisotopic (exact) mass is 360 g/mol. The van der Waals surface area contributed by atoms with Crippen molar-refractivity contribution in [3.8, 4) is 0 Å². The SMILES string of the molecule is Cc1cc(C)c(C)c(C)c1.Cc1ccc(C)c(C)c1.Cc1ccc(C)cc1. The van der Waals surface area contributed by atoms with Crippen molar-refractivity contribution in [1.29, 1.82) is 0 Å². The van der Waals surface area contributed by atoms with Crippen LogP contribution in [0.15, 0.2) is 54.6 Å². The van der Waals surface area contributed by atoms with Gasteiger partial charge in [-0.15, -0.1) is 0 Å². The zero-order chi connectivity index (χ0) is 20.6. The Bertz CT molecular complexity index is 808. The highest BCUT2D eigenvalue weighted by Gasteiger charge is 1.96. The predicted octanol–water partition coefficient (Wildman–Crippen LogP) is 7.84. The molecule has 0 saturated carbocycles. The average molecular weight is 361 g/mol. The highest BCUT2D eigenvalue weighted by Crippen LogP contribution is 2.14. The molecule has 0 heterocycles. The molecule has 3 rings (SSSR count). The standard InChI is InChI=1S/C10H14.C9H12.C8H10/c1-7-5-8(2)10(4)9(3)6-7;1-7-4-5-8(2)9(3)6-7;1-7-3-5-8(2)6-4-7/h5-6H,1-4H3;4-6H,1-3H3;3-6H,1-2H3. The topological polar surface area (TPSA) is 0 Å². The first kappa shape index (κ1) is 22.7. The lowest BCUT2D eigenvalue weighted by atomic mass is 10.0. The van der Waals surface area contributed by atoms with E-state index in [0.29, 0.717) is 0 Å². The Morgan fingerprint density at radius 2 is 0.704 bits per heavy atom. The van der Waals surface area contributed by atoms with E-state index in [-0.39, 0.29) is 0 Å². The van der Waals surface area contributed by atoms with Crippen LogP contribution in [0.4, 0.5) is 0 Å². The van der Waals surface area contributed by atoms with Gasteiger partial charge in [0.05, 0.1) is 0 Å². The third kappa shape index (κ3) is 8.26. The Morgan fingerprint density at radius 3 is 1.07 bits per heavy atom. The van der Waals surface area contributed by atoms with Gasteiger partial charge in [0.25, 0.3) is 0 Å². The summed E-state index contributed by atoms with van der Waals surface area (Å²) in [6, 6.07) is 19.4. The Hall–Kier alpha value is -2.34. The van der Waals surface area contributed by atoms with E-state index in [1.165, 1.54) is 50.1 Å². The van der Waals surface area contributed by atoms with Gasteiger partial charge in [-0.1, -0.05) is 76.9 Å². The molecule has 0 unspecified atom stereocenters. The number of rotatable bonds is 0. The molecule has 0 aliphatic carbocycles. The maximum Gasteiger partial charge on any atom is -0.0392 e. The lowest BCUT2D eigenvalue weighted by molar-refractivity contribution is 1.23. The van der Waals surface area contributed by atoms with Crippen LogP contribution in [-0.2, 0) is 0 Å². The summed E-state index contributed by atoms with van der Waals surface area (Å²) in [6.07, 6.45) is 0. The van der Waals surface area contributed by atoms with Crippen LogP contribution < -0.4 is 0 Å². The third-order valence-corrected chi connectivity index (χ3v) is 4.95. The van der Waals surface area contributed by atoms with Gasteiger partial charge >= 0.3 is 0 Å². The molecular formula is C27H36. The zero-order valence-electron chi connectivity index (χ0n) is 18.7. The second-order valence-corrected chi connectivity index (χ2v) is 7.77. The molecule has 3 aromatic carbocycles. The molecule has 0 fully saturated rings. The molecule has 0 N–H and O–H groups in total. The molecule has 0 aliphatic heterocycles. The summed E-state index contributed by atoms with van der Waals surface area (Å²) in [5, 5.41) is 0. The van der Waals surface area contributed by atoms with E-state index in [2.05, 4.69) is 117 Å². The first-order valence-corrected chi connectivity index (χ1v) is 9.71. The average Bonchev–Trinajstić information content (AvgIpc) is 2.60. The van der Waals surface area contributed by atoms with E-state index >= 15 is 0 Å². The van der Waals surface area contributed by atoms with Crippen LogP contribution in [0.3, 0.4) is 0 Å². The van der Waals surface area contributed by atoms with Crippen LogP contribution in [0.2, 0.25) is 0 Å². The van der Waals surface area contributed by atoms with Crippen molar-refractivity contribution in [1.82, 2.24) is 0 Å². The number of aryl methyl sites for hydroxylation is 8. The molecule has 27 heavy (non-hydrogen) atoms. The van der Waals surface area contributed by atoms with E-state index in [4.69, 9.17) is 0 Å². The molecule has 144 valence electrons. The summed E-state index contributed by atoms with van der Waals surface area (Å²) < 4.78 is 0. The molecule has 0 aliphatic rings. The normalized spacial score (nSPS) is 9.67. The number of hydrogen-bond donors (Lipinski definition) is 0. The smallest absolute Gasteiger partial charge is 0.0392 e. The molecule has 0 atom stereocenters. The first-order chi connectivity index (χ1) is 12.6. The van der Waals surface area contributed by atoms with E-state index in [1.54, 1.807) is 0 Å². The van der Waals surface area contributed by atoms with E-state index < -0.39 is 0 Å². The zero-order valence-corrected chi connectivity index (χ0v) is 18.7. The molecular weight excluding hydrogens is 324 g/mol. The van der Waals surface area contributed by atoms with E-state index in [0.717, 1.165) is 0 Å². The molecule has 0 aromatic heterocycles. The van der Waals surface area contributed by atoms with E-state index in [1.807, 2.05) is 0 Å². The summed E-state index contributed by atoms with van der Waals surface area (Å²) in [5.41, 5.74) is 12.3. The molecule has 3 aromatic rings. The van der Waals surface area contributed by atoms with Crippen molar-refractivity contribution < 1.29 is 0 Å². The lowest BCUT2D eigenvalue weighted by Crippen LogP contribution is -1.86. The van der Waals surface area contributed by atoms with Gasteiger partial charge in [0.15, 0.2) is 0 Å². The minimum absolute atomic E-state index is 1.33. The van der Waals surface area contributed by atoms with Crippen molar-refractivity contribution in [2.45, 2.75) is 62.3 Å². The van der Waals surface area contributed by atoms with Gasteiger partial charge in [0.2, 0.25) is 0 Å². The molecule has 0 bridgehead atoms.